The van der Waals surface area contributed by atoms with Gasteiger partial charge in [0.2, 0.25) is 0 Å². The van der Waals surface area contributed by atoms with E-state index in [0.29, 0.717) is 24.8 Å². The van der Waals surface area contributed by atoms with Crippen LogP contribution in [0.5, 0.6) is 0 Å². The van der Waals surface area contributed by atoms with Gasteiger partial charge in [0, 0.05) is 10.8 Å². The molecule has 1 saturated carbocycles. The monoisotopic (exact) mass is 352 g/mol. The molecule has 5 N–H and O–H groups in total. The van der Waals surface area contributed by atoms with Crippen LogP contribution >= 0.6 is 0 Å². The van der Waals surface area contributed by atoms with Crippen LogP contribution in [0.25, 0.3) is 0 Å². The maximum atomic E-state index is 10.9. The van der Waals surface area contributed by atoms with Crippen molar-refractivity contribution in [1.29, 1.82) is 0 Å². The number of allylic oxidation sites excluding steroid dienone is 1. The molecule has 0 bridgehead atoms. The minimum Gasteiger partial charge on any atom is -0.392 e. The molecule has 7 atom stereocenters. The third-order valence-corrected chi connectivity index (χ3v) is 7.30. The summed E-state index contributed by atoms with van der Waals surface area (Å²) in [5.41, 5.74) is 1.32. The van der Waals surface area contributed by atoms with Gasteiger partial charge in [0.15, 0.2) is 0 Å². The quantitative estimate of drug-likeness (QED) is 0.480. The van der Waals surface area contributed by atoms with Gasteiger partial charge in [-0.2, -0.15) is 0 Å². The lowest BCUT2D eigenvalue weighted by atomic mass is 9.53. The van der Waals surface area contributed by atoms with Gasteiger partial charge in [-0.25, -0.2) is 0 Å². The summed E-state index contributed by atoms with van der Waals surface area (Å²) >= 11 is 0. The Morgan fingerprint density at radius 3 is 2.24 bits per heavy atom. The summed E-state index contributed by atoms with van der Waals surface area (Å²) in [7, 11) is 0. The maximum Gasteiger partial charge on any atom is 0.104 e. The van der Waals surface area contributed by atoms with Crippen molar-refractivity contribution in [2.45, 2.75) is 71.4 Å². The van der Waals surface area contributed by atoms with Crippen LogP contribution in [0.3, 0.4) is 0 Å². The van der Waals surface area contributed by atoms with Crippen LogP contribution < -0.4 is 0 Å². The van der Waals surface area contributed by atoms with E-state index in [-0.39, 0.29) is 18.4 Å². The third kappa shape index (κ3) is 2.47. The summed E-state index contributed by atoms with van der Waals surface area (Å²) in [5.74, 6) is 0.0135. The summed E-state index contributed by atoms with van der Waals surface area (Å²) < 4.78 is 0. The molecule has 0 spiro atoms. The first-order valence-electron chi connectivity index (χ1n) is 9.36. The zero-order valence-corrected chi connectivity index (χ0v) is 15.6. The van der Waals surface area contributed by atoms with Gasteiger partial charge in [-0.1, -0.05) is 39.3 Å². The fraction of sp³-hybridized carbons (Fsp3) is 0.800. The molecule has 5 heteroatoms. The molecule has 25 heavy (non-hydrogen) atoms. The van der Waals surface area contributed by atoms with Gasteiger partial charge < -0.3 is 25.5 Å². The van der Waals surface area contributed by atoms with Crippen LogP contribution in [0.4, 0.5) is 0 Å². The van der Waals surface area contributed by atoms with E-state index in [4.69, 9.17) is 0 Å². The molecule has 142 valence electrons. The molecule has 0 aromatic heterocycles. The van der Waals surface area contributed by atoms with Gasteiger partial charge >= 0.3 is 0 Å². The van der Waals surface area contributed by atoms with E-state index >= 15 is 0 Å². The van der Waals surface area contributed by atoms with Gasteiger partial charge in [0.05, 0.1) is 18.8 Å². The van der Waals surface area contributed by atoms with Gasteiger partial charge in [-0.3, -0.25) is 0 Å². The molecule has 0 aromatic carbocycles. The van der Waals surface area contributed by atoms with Crippen LogP contribution in [0.15, 0.2) is 22.8 Å². The predicted octanol–water partition coefficient (Wildman–Crippen LogP) is 1.14. The van der Waals surface area contributed by atoms with Crippen LogP contribution in [-0.4, -0.2) is 56.6 Å². The smallest absolute Gasteiger partial charge is 0.104 e. The van der Waals surface area contributed by atoms with E-state index in [0.717, 1.165) is 11.1 Å². The Labute approximate surface area is 149 Å². The maximum absolute atomic E-state index is 10.9. The minimum absolute atomic E-state index is 0.0795. The van der Waals surface area contributed by atoms with Crippen molar-refractivity contribution in [3.05, 3.63) is 22.8 Å². The minimum atomic E-state index is -1.08. The number of fused-ring (bicyclic) bond motifs is 3. The average Bonchev–Trinajstić information content (AvgIpc) is 2.71. The zero-order chi connectivity index (χ0) is 18.7. The summed E-state index contributed by atoms with van der Waals surface area (Å²) in [6.45, 7) is 7.76. The lowest BCUT2D eigenvalue weighted by molar-refractivity contribution is -0.0976. The summed E-state index contributed by atoms with van der Waals surface area (Å²) in [6, 6.07) is 0. The van der Waals surface area contributed by atoms with Gasteiger partial charge in [0.1, 0.15) is 12.2 Å². The first kappa shape index (κ1) is 19.1. The fourth-order valence-corrected chi connectivity index (χ4v) is 5.59. The molecule has 5 nitrogen and oxygen atoms in total. The van der Waals surface area contributed by atoms with Gasteiger partial charge in [-0.05, 0) is 42.2 Å². The van der Waals surface area contributed by atoms with Crippen molar-refractivity contribution in [3.8, 4) is 0 Å². The van der Waals surface area contributed by atoms with Crippen LogP contribution in [0.2, 0.25) is 0 Å². The summed E-state index contributed by atoms with van der Waals surface area (Å²) in [6.07, 6.45) is -0.0642. The molecule has 3 aliphatic carbocycles. The molecule has 0 aromatic rings. The fourth-order valence-electron chi connectivity index (χ4n) is 5.59. The molecule has 0 radical (unpaired) electrons. The Bertz CT molecular complexity index is 609. The lowest BCUT2D eigenvalue weighted by Crippen LogP contribution is -2.52. The molecule has 1 fully saturated rings. The second-order valence-electron chi connectivity index (χ2n) is 8.95. The Kier molecular flexibility index (Phi) is 4.70. The second kappa shape index (κ2) is 6.17. The molecule has 3 rings (SSSR count). The Balaban J connectivity index is 2.18. The third-order valence-electron chi connectivity index (χ3n) is 7.30. The number of hydrogen-bond acceptors (Lipinski definition) is 5. The van der Waals surface area contributed by atoms with Crippen molar-refractivity contribution in [2.75, 3.05) is 6.61 Å². The average molecular weight is 352 g/mol. The molecule has 0 saturated heterocycles. The molecule has 0 amide bonds. The van der Waals surface area contributed by atoms with Crippen molar-refractivity contribution < 1.29 is 25.5 Å². The first-order chi connectivity index (χ1) is 11.6. The van der Waals surface area contributed by atoms with E-state index in [1.807, 2.05) is 33.8 Å². The number of rotatable bonds is 2. The normalized spacial score (nSPS) is 47.4. The standard InChI is InChI=1S/C20H32O5/c1-10(2)13-14-12-6-5-11(9-21)15(22)17(24)19(12,3)7-8-20(14,4)18(25)16(13)23/h5,10,12,15-18,21-25H,6-9H2,1-4H3. The van der Waals surface area contributed by atoms with Crippen LogP contribution in [0.1, 0.15) is 47.0 Å². The Morgan fingerprint density at radius 1 is 1.04 bits per heavy atom. The highest BCUT2D eigenvalue weighted by molar-refractivity contribution is 5.42. The molecule has 7 unspecified atom stereocenters. The van der Waals surface area contributed by atoms with E-state index < -0.39 is 35.2 Å². The van der Waals surface area contributed by atoms with Gasteiger partial charge in [-0.15, -0.1) is 0 Å². The molecule has 0 aliphatic heterocycles. The Morgan fingerprint density at radius 2 is 1.68 bits per heavy atom. The highest BCUT2D eigenvalue weighted by Crippen LogP contribution is 2.63. The SMILES string of the molecule is CC(C)C1=C2C3CC=C(CO)C(O)C(O)C3(C)CCC2(C)C(O)C1O. The number of aliphatic hydroxyl groups is 5. The largest absolute Gasteiger partial charge is 0.392 e. The van der Waals surface area contributed by atoms with Crippen molar-refractivity contribution in [3.63, 3.8) is 0 Å². The second-order valence-corrected chi connectivity index (χ2v) is 8.95. The number of hydrogen-bond donors (Lipinski definition) is 5. The van der Waals surface area contributed by atoms with Crippen LogP contribution in [0, 0.1) is 22.7 Å². The molecule has 3 aliphatic rings. The van der Waals surface area contributed by atoms with E-state index in [1.165, 1.54) is 0 Å². The molecule has 0 heterocycles. The van der Waals surface area contributed by atoms with Crippen molar-refractivity contribution in [2.24, 2.45) is 22.7 Å². The van der Waals surface area contributed by atoms with E-state index in [2.05, 4.69) is 0 Å². The van der Waals surface area contributed by atoms with Gasteiger partial charge in [0.25, 0.3) is 0 Å². The van der Waals surface area contributed by atoms with Crippen LogP contribution in [-0.2, 0) is 0 Å². The van der Waals surface area contributed by atoms with Crippen molar-refractivity contribution >= 4 is 0 Å². The summed E-state index contributed by atoms with van der Waals surface area (Å²) in [4.78, 5) is 0. The first-order valence-corrected chi connectivity index (χ1v) is 9.36. The Hall–Kier alpha value is -0.720. The molecular formula is C20H32O5. The number of aliphatic hydroxyl groups excluding tert-OH is 5. The van der Waals surface area contributed by atoms with Crippen molar-refractivity contribution in [1.82, 2.24) is 0 Å². The summed E-state index contributed by atoms with van der Waals surface area (Å²) in [5, 5.41) is 52.5. The zero-order valence-electron chi connectivity index (χ0n) is 15.6. The highest BCUT2D eigenvalue weighted by Gasteiger charge is 2.60. The topological polar surface area (TPSA) is 101 Å². The predicted molar refractivity (Wildman–Crippen MR) is 94.6 cm³/mol. The van der Waals surface area contributed by atoms with E-state index in [1.54, 1.807) is 0 Å². The highest BCUT2D eigenvalue weighted by atomic mass is 16.3. The van der Waals surface area contributed by atoms with E-state index in [9.17, 15) is 25.5 Å². The molecular weight excluding hydrogens is 320 g/mol. The lowest BCUT2D eigenvalue weighted by Gasteiger charge is -2.52.